The molecule has 2 rings (SSSR count). The third-order valence-electron chi connectivity index (χ3n) is 3.39. The molecule has 1 atom stereocenters. The molecule has 16 heavy (non-hydrogen) atoms. The van der Waals surface area contributed by atoms with E-state index in [1.165, 1.54) is 37.5 Å². The monoisotopic (exact) mass is 239 g/mol. The Labute approximate surface area is 102 Å². The second kappa shape index (κ2) is 5.25. The molecule has 0 spiro atoms. The van der Waals surface area contributed by atoms with Gasteiger partial charge in [-0.2, -0.15) is 0 Å². The Balaban J connectivity index is 1.97. The highest BCUT2D eigenvalue weighted by Crippen LogP contribution is 2.30. The van der Waals surface area contributed by atoms with Crippen LogP contribution < -0.4 is 5.73 Å². The zero-order valence-corrected chi connectivity index (χ0v) is 11.0. The van der Waals surface area contributed by atoms with Crippen LogP contribution >= 0.6 is 11.3 Å². The van der Waals surface area contributed by atoms with Crippen LogP contribution in [-0.2, 0) is 0 Å². The molecule has 0 aromatic carbocycles. The number of hydrogen-bond donors (Lipinski definition) is 1. The Kier molecular flexibility index (Phi) is 3.95. The number of likely N-dealkylation sites (tertiary alicyclic amines) is 1. The Morgan fingerprint density at radius 1 is 1.56 bits per heavy atom. The van der Waals surface area contributed by atoms with Crippen molar-refractivity contribution < 1.29 is 0 Å². The largest absolute Gasteiger partial charge is 0.323 e. The number of hydrogen-bond acceptors (Lipinski definition) is 4. The predicted molar refractivity (Wildman–Crippen MR) is 68.8 cm³/mol. The molecule has 3 nitrogen and oxygen atoms in total. The van der Waals surface area contributed by atoms with Gasteiger partial charge in [0.1, 0.15) is 0 Å². The fourth-order valence-corrected chi connectivity index (χ4v) is 3.29. The van der Waals surface area contributed by atoms with Crippen LogP contribution in [0, 0.1) is 0 Å². The third kappa shape index (κ3) is 2.62. The number of piperidine rings is 1. The second-order valence-corrected chi connectivity index (χ2v) is 5.50. The van der Waals surface area contributed by atoms with Crippen LogP contribution in [0.1, 0.15) is 49.4 Å². The highest BCUT2D eigenvalue weighted by molar-refractivity contribution is 7.09. The lowest BCUT2D eigenvalue weighted by Gasteiger charge is -2.29. The lowest BCUT2D eigenvalue weighted by molar-refractivity contribution is 0.222. The molecule has 0 bridgehead atoms. The first-order valence-corrected chi connectivity index (χ1v) is 7.02. The van der Waals surface area contributed by atoms with E-state index in [1.54, 1.807) is 11.3 Å². The van der Waals surface area contributed by atoms with E-state index in [4.69, 9.17) is 5.73 Å². The van der Waals surface area contributed by atoms with E-state index in [0.717, 1.165) is 5.69 Å². The van der Waals surface area contributed by atoms with Crippen molar-refractivity contribution in [3.05, 3.63) is 16.1 Å². The normalized spacial score (nSPS) is 21.2. The van der Waals surface area contributed by atoms with Gasteiger partial charge in [0.2, 0.25) is 0 Å². The molecule has 1 saturated heterocycles. The van der Waals surface area contributed by atoms with Gasteiger partial charge in [0.05, 0.1) is 10.7 Å². The van der Waals surface area contributed by atoms with E-state index >= 15 is 0 Å². The van der Waals surface area contributed by atoms with E-state index in [0.29, 0.717) is 5.92 Å². The molecule has 2 heterocycles. The van der Waals surface area contributed by atoms with Gasteiger partial charge in [0.25, 0.3) is 0 Å². The van der Waals surface area contributed by atoms with Gasteiger partial charge in [0.15, 0.2) is 0 Å². The van der Waals surface area contributed by atoms with Crippen molar-refractivity contribution in [3.63, 3.8) is 0 Å². The highest BCUT2D eigenvalue weighted by atomic mass is 32.1. The van der Waals surface area contributed by atoms with Crippen molar-refractivity contribution in [1.29, 1.82) is 0 Å². The molecular formula is C12H21N3S. The van der Waals surface area contributed by atoms with Crippen molar-refractivity contribution in [2.45, 2.75) is 38.6 Å². The molecular weight excluding hydrogens is 218 g/mol. The first-order chi connectivity index (χ1) is 7.70. The van der Waals surface area contributed by atoms with Crippen molar-refractivity contribution in [2.24, 2.45) is 5.73 Å². The number of thiazole rings is 1. The van der Waals surface area contributed by atoms with Crippen LogP contribution in [0.5, 0.6) is 0 Å². The molecule has 1 aliphatic rings. The molecule has 0 aliphatic carbocycles. The molecule has 1 aliphatic heterocycles. The Morgan fingerprint density at radius 3 is 2.75 bits per heavy atom. The van der Waals surface area contributed by atoms with Crippen LogP contribution in [0.25, 0.3) is 0 Å². The summed E-state index contributed by atoms with van der Waals surface area (Å²) in [5, 5.41) is 3.41. The molecule has 1 aromatic rings. The van der Waals surface area contributed by atoms with Gasteiger partial charge in [0, 0.05) is 17.3 Å². The molecule has 0 saturated carbocycles. The Hall–Kier alpha value is -0.450. The number of rotatable bonds is 3. The second-order valence-electron chi connectivity index (χ2n) is 4.61. The summed E-state index contributed by atoms with van der Waals surface area (Å²) in [6, 6.07) is 0.0701. The van der Waals surface area contributed by atoms with E-state index < -0.39 is 0 Å². The quantitative estimate of drug-likeness (QED) is 0.880. The summed E-state index contributed by atoms with van der Waals surface area (Å²) in [4.78, 5) is 7.17. The molecule has 1 unspecified atom stereocenters. The minimum atomic E-state index is 0.0701. The number of aromatic nitrogens is 1. The van der Waals surface area contributed by atoms with Gasteiger partial charge >= 0.3 is 0 Å². The van der Waals surface area contributed by atoms with E-state index in [9.17, 15) is 0 Å². The summed E-state index contributed by atoms with van der Waals surface area (Å²) in [6.45, 7) is 7.84. The van der Waals surface area contributed by atoms with Gasteiger partial charge in [-0.15, -0.1) is 11.3 Å². The maximum absolute atomic E-state index is 5.84. The van der Waals surface area contributed by atoms with E-state index in [1.807, 2.05) is 6.92 Å². The lowest BCUT2D eigenvalue weighted by Crippen LogP contribution is -2.32. The number of nitrogens with zero attached hydrogens (tertiary/aromatic N) is 2. The Morgan fingerprint density at radius 2 is 2.25 bits per heavy atom. The first kappa shape index (κ1) is 12.0. The summed E-state index contributed by atoms with van der Waals surface area (Å²) < 4.78 is 0. The summed E-state index contributed by atoms with van der Waals surface area (Å²) in [5.41, 5.74) is 6.89. The molecule has 1 fully saturated rings. The van der Waals surface area contributed by atoms with Gasteiger partial charge in [-0.05, 0) is 39.4 Å². The number of nitrogens with two attached hydrogens (primary N) is 1. The summed E-state index contributed by atoms with van der Waals surface area (Å²) in [7, 11) is 0. The topological polar surface area (TPSA) is 42.2 Å². The zero-order valence-electron chi connectivity index (χ0n) is 10.1. The molecule has 4 heteroatoms. The standard InChI is InChI=1S/C12H21N3S/c1-3-15-6-4-10(5-7-15)12-14-11(8-16-12)9(2)13/h8-10H,3-7,13H2,1-2H3. The minimum absolute atomic E-state index is 0.0701. The molecule has 2 N–H and O–H groups in total. The smallest absolute Gasteiger partial charge is 0.0960 e. The van der Waals surface area contributed by atoms with Crippen LogP contribution in [0.4, 0.5) is 0 Å². The van der Waals surface area contributed by atoms with E-state index in [2.05, 4.69) is 22.2 Å². The van der Waals surface area contributed by atoms with Gasteiger partial charge < -0.3 is 10.6 Å². The lowest BCUT2D eigenvalue weighted by atomic mass is 9.97. The van der Waals surface area contributed by atoms with Crippen LogP contribution in [0.3, 0.4) is 0 Å². The molecule has 0 radical (unpaired) electrons. The van der Waals surface area contributed by atoms with Crippen LogP contribution in [-0.4, -0.2) is 29.5 Å². The fraction of sp³-hybridized carbons (Fsp3) is 0.750. The molecule has 0 amide bonds. The highest BCUT2D eigenvalue weighted by Gasteiger charge is 2.22. The predicted octanol–water partition coefficient (Wildman–Crippen LogP) is 2.36. The van der Waals surface area contributed by atoms with Gasteiger partial charge in [-0.1, -0.05) is 6.92 Å². The fourth-order valence-electron chi connectivity index (χ4n) is 2.19. The third-order valence-corrected chi connectivity index (χ3v) is 4.42. The maximum atomic E-state index is 5.84. The SMILES string of the molecule is CCN1CCC(c2nc(C(C)N)cs2)CC1. The van der Waals surface area contributed by atoms with Crippen molar-refractivity contribution in [2.75, 3.05) is 19.6 Å². The minimum Gasteiger partial charge on any atom is -0.323 e. The summed E-state index contributed by atoms with van der Waals surface area (Å²) >= 11 is 1.78. The first-order valence-electron chi connectivity index (χ1n) is 6.14. The molecule has 1 aromatic heterocycles. The maximum Gasteiger partial charge on any atom is 0.0960 e. The zero-order chi connectivity index (χ0) is 11.5. The average molecular weight is 239 g/mol. The molecule has 90 valence electrons. The summed E-state index contributed by atoms with van der Waals surface area (Å²) in [5.74, 6) is 0.667. The van der Waals surface area contributed by atoms with Crippen LogP contribution in [0.15, 0.2) is 5.38 Å². The summed E-state index contributed by atoms with van der Waals surface area (Å²) in [6.07, 6.45) is 2.50. The van der Waals surface area contributed by atoms with Gasteiger partial charge in [-0.25, -0.2) is 4.98 Å². The van der Waals surface area contributed by atoms with Crippen molar-refractivity contribution in [1.82, 2.24) is 9.88 Å². The van der Waals surface area contributed by atoms with Crippen LogP contribution in [0.2, 0.25) is 0 Å². The Bertz CT molecular complexity index is 327. The average Bonchev–Trinajstić information content (AvgIpc) is 2.78. The van der Waals surface area contributed by atoms with Crippen molar-refractivity contribution >= 4 is 11.3 Å². The van der Waals surface area contributed by atoms with E-state index in [-0.39, 0.29) is 6.04 Å². The van der Waals surface area contributed by atoms with Gasteiger partial charge in [-0.3, -0.25) is 0 Å². The van der Waals surface area contributed by atoms with Crippen molar-refractivity contribution in [3.8, 4) is 0 Å².